The first-order valence-corrected chi connectivity index (χ1v) is 10.3. The summed E-state index contributed by atoms with van der Waals surface area (Å²) in [6, 6.07) is 7.70. The van der Waals surface area contributed by atoms with Crippen molar-refractivity contribution < 1.29 is 9.53 Å². The van der Waals surface area contributed by atoms with E-state index in [1.807, 2.05) is 24.3 Å². The zero-order valence-corrected chi connectivity index (χ0v) is 17.2. The van der Waals surface area contributed by atoms with Crippen LogP contribution in [0.4, 0.5) is 10.7 Å². The minimum atomic E-state index is -0.235. The van der Waals surface area contributed by atoms with Gasteiger partial charge in [-0.1, -0.05) is 41.6 Å². The Balaban J connectivity index is 1.70. The summed E-state index contributed by atoms with van der Waals surface area (Å²) in [5.41, 5.74) is 8.83. The molecule has 29 heavy (non-hydrogen) atoms. The molecular weight excluding hydrogens is 412 g/mol. The number of ether oxygens (including phenoxy) is 1. The summed E-state index contributed by atoms with van der Waals surface area (Å²) >= 11 is 8.00. The van der Waals surface area contributed by atoms with Crippen molar-refractivity contribution in [2.75, 3.05) is 25.1 Å². The van der Waals surface area contributed by atoms with Gasteiger partial charge in [0.05, 0.1) is 18.2 Å². The number of rotatable bonds is 5. The van der Waals surface area contributed by atoms with E-state index in [1.165, 1.54) is 11.8 Å². The summed E-state index contributed by atoms with van der Waals surface area (Å²) in [6.45, 7) is 1.55. The number of amides is 2. The smallest absolute Gasteiger partial charge is 0.314 e. The lowest BCUT2D eigenvalue weighted by Gasteiger charge is -2.20. The van der Waals surface area contributed by atoms with E-state index in [4.69, 9.17) is 22.1 Å². The molecule has 0 saturated heterocycles. The summed E-state index contributed by atoms with van der Waals surface area (Å²) in [7, 11) is 1.57. The molecule has 0 bridgehead atoms. The number of aromatic nitrogens is 3. The van der Waals surface area contributed by atoms with Crippen molar-refractivity contribution in [2.24, 2.45) is 0 Å². The van der Waals surface area contributed by atoms with Crippen LogP contribution in [0.3, 0.4) is 0 Å². The van der Waals surface area contributed by atoms with Crippen molar-refractivity contribution >= 4 is 46.1 Å². The zero-order chi connectivity index (χ0) is 20.4. The molecule has 4 rings (SSSR count). The molecule has 0 spiro atoms. The van der Waals surface area contributed by atoms with Crippen molar-refractivity contribution in [3.8, 4) is 11.4 Å². The molecule has 0 saturated carbocycles. The molecule has 4 N–H and O–H groups in total. The third kappa shape index (κ3) is 4.07. The summed E-state index contributed by atoms with van der Waals surface area (Å²) < 4.78 is 5.65. The van der Waals surface area contributed by atoms with Crippen molar-refractivity contribution in [1.82, 2.24) is 25.6 Å². The molecule has 3 aromatic rings. The van der Waals surface area contributed by atoms with E-state index in [0.29, 0.717) is 41.5 Å². The van der Waals surface area contributed by atoms with Gasteiger partial charge in [0, 0.05) is 24.9 Å². The average Bonchev–Trinajstić information content (AvgIpc) is 2.71. The third-order valence-electron chi connectivity index (χ3n) is 4.50. The largest absolute Gasteiger partial charge is 0.372 e. The van der Waals surface area contributed by atoms with Crippen LogP contribution in [0.5, 0.6) is 0 Å². The number of carbonyl (C=O) groups excluding carboxylic acids is 1. The number of nitrogen functional groups attached to an aromatic ring is 1. The Morgan fingerprint density at radius 1 is 1.28 bits per heavy atom. The highest BCUT2D eigenvalue weighted by Gasteiger charge is 2.20. The molecule has 8 nitrogen and oxygen atoms in total. The Bertz CT molecular complexity index is 1090. The van der Waals surface area contributed by atoms with Gasteiger partial charge in [0.25, 0.3) is 0 Å². The second-order valence-electron chi connectivity index (χ2n) is 6.38. The standard InChI is InChI=1S/C19H19ClN6O2S/c1-22-18(27)23-5-6-29-19-25-16(24-17(21)26-19)15-12-4-2-3-10-8-28-9-11(14(10)12)7-13(15)20/h2-4,7H,5-6,8-9H2,1H3,(H2,22,23,27)(H2,21,24,25,26). The Kier molecular flexibility index (Phi) is 5.70. The fourth-order valence-electron chi connectivity index (χ4n) is 3.29. The van der Waals surface area contributed by atoms with E-state index in [-0.39, 0.29) is 12.0 Å². The fourth-order valence-corrected chi connectivity index (χ4v) is 4.30. The third-order valence-corrected chi connectivity index (χ3v) is 5.64. The lowest BCUT2D eigenvalue weighted by atomic mass is 9.94. The van der Waals surface area contributed by atoms with Crippen LogP contribution in [0.1, 0.15) is 11.1 Å². The van der Waals surface area contributed by atoms with E-state index in [9.17, 15) is 4.79 Å². The highest BCUT2D eigenvalue weighted by Crippen LogP contribution is 2.39. The summed E-state index contributed by atoms with van der Waals surface area (Å²) in [5, 5.41) is 8.33. The summed E-state index contributed by atoms with van der Waals surface area (Å²) in [4.78, 5) is 24.3. The lowest BCUT2D eigenvalue weighted by molar-refractivity contribution is 0.103. The summed E-state index contributed by atoms with van der Waals surface area (Å²) in [5.74, 6) is 1.14. The van der Waals surface area contributed by atoms with Crippen LogP contribution < -0.4 is 16.4 Å². The van der Waals surface area contributed by atoms with E-state index < -0.39 is 0 Å². The normalized spacial score (nSPS) is 12.8. The maximum atomic E-state index is 11.2. The number of benzene rings is 2. The van der Waals surface area contributed by atoms with Gasteiger partial charge in [-0.3, -0.25) is 0 Å². The second kappa shape index (κ2) is 8.40. The van der Waals surface area contributed by atoms with Gasteiger partial charge in [-0.15, -0.1) is 0 Å². The van der Waals surface area contributed by atoms with Crippen LogP contribution in [0.15, 0.2) is 29.4 Å². The summed E-state index contributed by atoms with van der Waals surface area (Å²) in [6.07, 6.45) is 0. The molecule has 2 aromatic carbocycles. The quantitative estimate of drug-likeness (QED) is 0.421. The Labute approximate surface area is 176 Å². The monoisotopic (exact) mass is 430 g/mol. The number of urea groups is 1. The van der Waals surface area contributed by atoms with Gasteiger partial charge in [-0.05, 0) is 28.0 Å². The molecule has 0 unspecified atom stereocenters. The lowest BCUT2D eigenvalue weighted by Crippen LogP contribution is -2.34. The van der Waals surface area contributed by atoms with E-state index in [2.05, 4.69) is 25.6 Å². The molecule has 1 aromatic heterocycles. The van der Waals surface area contributed by atoms with Crippen molar-refractivity contribution in [3.05, 3.63) is 40.4 Å². The first-order chi connectivity index (χ1) is 14.1. The minimum Gasteiger partial charge on any atom is -0.372 e. The molecule has 0 fully saturated rings. The number of halogens is 1. The Hall–Kier alpha value is -2.62. The van der Waals surface area contributed by atoms with Crippen LogP contribution in [-0.2, 0) is 18.0 Å². The second-order valence-corrected chi connectivity index (χ2v) is 7.85. The maximum Gasteiger partial charge on any atom is 0.314 e. The molecule has 0 radical (unpaired) electrons. The van der Waals surface area contributed by atoms with E-state index in [0.717, 1.165) is 27.5 Å². The Morgan fingerprint density at radius 2 is 2.10 bits per heavy atom. The topological polar surface area (TPSA) is 115 Å². The molecule has 2 amide bonds. The number of nitrogens with zero attached hydrogens (tertiary/aromatic N) is 3. The van der Waals surface area contributed by atoms with E-state index in [1.54, 1.807) is 7.05 Å². The van der Waals surface area contributed by atoms with E-state index >= 15 is 0 Å². The molecule has 0 aliphatic carbocycles. The molecule has 150 valence electrons. The number of anilines is 1. The molecule has 0 atom stereocenters. The van der Waals surface area contributed by atoms with Crippen LogP contribution in [0, 0.1) is 0 Å². The van der Waals surface area contributed by atoms with Crippen LogP contribution in [-0.4, -0.2) is 40.3 Å². The molecule has 2 heterocycles. The van der Waals surface area contributed by atoms with Crippen LogP contribution in [0.25, 0.3) is 22.2 Å². The number of carbonyl (C=O) groups is 1. The number of thioether (sulfide) groups is 1. The molecule has 1 aliphatic rings. The van der Waals surface area contributed by atoms with Crippen molar-refractivity contribution in [3.63, 3.8) is 0 Å². The number of hydrogen-bond donors (Lipinski definition) is 3. The Morgan fingerprint density at radius 3 is 2.93 bits per heavy atom. The van der Waals surface area contributed by atoms with Gasteiger partial charge in [0.15, 0.2) is 11.0 Å². The molecule has 1 aliphatic heterocycles. The predicted molar refractivity (Wildman–Crippen MR) is 114 cm³/mol. The average molecular weight is 431 g/mol. The molecule has 10 heteroatoms. The number of hydrogen-bond acceptors (Lipinski definition) is 7. The van der Waals surface area contributed by atoms with Crippen LogP contribution >= 0.6 is 23.4 Å². The van der Waals surface area contributed by atoms with Gasteiger partial charge >= 0.3 is 6.03 Å². The first kappa shape index (κ1) is 19.7. The van der Waals surface area contributed by atoms with Crippen molar-refractivity contribution in [1.29, 1.82) is 0 Å². The highest BCUT2D eigenvalue weighted by atomic mass is 35.5. The zero-order valence-electron chi connectivity index (χ0n) is 15.7. The highest BCUT2D eigenvalue weighted by molar-refractivity contribution is 7.99. The van der Waals surface area contributed by atoms with Gasteiger partial charge in [-0.25, -0.2) is 9.78 Å². The van der Waals surface area contributed by atoms with Crippen LogP contribution in [0.2, 0.25) is 5.02 Å². The van der Waals surface area contributed by atoms with Gasteiger partial charge in [0.2, 0.25) is 5.95 Å². The van der Waals surface area contributed by atoms with Gasteiger partial charge in [-0.2, -0.15) is 9.97 Å². The van der Waals surface area contributed by atoms with Gasteiger partial charge < -0.3 is 21.1 Å². The first-order valence-electron chi connectivity index (χ1n) is 8.98. The maximum absolute atomic E-state index is 11.2. The SMILES string of the molecule is CNC(=O)NCCSc1nc(N)nc(-c2c(Cl)cc3c4c(cccc24)COC3)n1. The molecular formula is C19H19ClN6O2S. The predicted octanol–water partition coefficient (Wildman–Crippen LogP) is 2.98. The van der Waals surface area contributed by atoms with Crippen molar-refractivity contribution in [2.45, 2.75) is 18.4 Å². The fraction of sp³-hybridized carbons (Fsp3) is 0.263. The number of nitrogens with one attached hydrogen (secondary N) is 2. The minimum absolute atomic E-state index is 0.122. The van der Waals surface area contributed by atoms with Gasteiger partial charge in [0.1, 0.15) is 0 Å². The number of nitrogens with two attached hydrogens (primary N) is 1.